The molecule has 36 heavy (non-hydrogen) atoms. The first-order valence-corrected chi connectivity index (χ1v) is 12.2. The van der Waals surface area contributed by atoms with Crippen LogP contribution in [0.4, 0.5) is 14.5 Å². The van der Waals surface area contributed by atoms with Gasteiger partial charge >= 0.3 is 0 Å². The number of rotatable bonds is 5. The molecular formula is C26H26F2N6O2. The number of piperidine rings is 1. The van der Waals surface area contributed by atoms with Crippen LogP contribution in [0, 0.1) is 6.92 Å². The fourth-order valence-electron chi connectivity index (χ4n) is 5.01. The second-order valence-electron chi connectivity index (χ2n) is 9.76. The molecule has 1 amide bonds. The van der Waals surface area contributed by atoms with Gasteiger partial charge in [-0.15, -0.1) is 0 Å². The Bertz CT molecular complexity index is 1430. The summed E-state index contributed by atoms with van der Waals surface area (Å²) in [5.74, 6) is -2.35. The predicted molar refractivity (Wildman–Crippen MR) is 129 cm³/mol. The summed E-state index contributed by atoms with van der Waals surface area (Å²) in [6.07, 6.45) is 5.12. The van der Waals surface area contributed by atoms with Crippen molar-refractivity contribution >= 4 is 17.2 Å². The van der Waals surface area contributed by atoms with Gasteiger partial charge in [0, 0.05) is 36.2 Å². The van der Waals surface area contributed by atoms with Gasteiger partial charge in [0.1, 0.15) is 11.3 Å². The van der Waals surface area contributed by atoms with Crippen molar-refractivity contribution < 1.29 is 18.1 Å². The van der Waals surface area contributed by atoms with Gasteiger partial charge in [-0.05, 0) is 68.1 Å². The zero-order valence-electron chi connectivity index (χ0n) is 19.8. The van der Waals surface area contributed by atoms with Crippen LogP contribution in [-0.2, 0) is 0 Å². The number of carbonyl (C=O) groups is 1. The molecule has 2 N–H and O–H groups in total. The first-order chi connectivity index (χ1) is 17.4. The van der Waals surface area contributed by atoms with Crippen LogP contribution in [0.25, 0.3) is 17.0 Å². The second-order valence-corrected chi connectivity index (χ2v) is 9.76. The molecule has 1 aromatic carbocycles. The number of aromatic nitrogens is 4. The maximum Gasteiger partial charge on any atom is 0.274 e. The van der Waals surface area contributed by atoms with E-state index in [2.05, 4.69) is 37.9 Å². The minimum absolute atomic E-state index is 0.219. The Hall–Kier alpha value is -3.66. The molecule has 1 saturated heterocycles. The van der Waals surface area contributed by atoms with Crippen molar-refractivity contribution in [1.29, 1.82) is 0 Å². The summed E-state index contributed by atoms with van der Waals surface area (Å²) in [5, 5.41) is 10.3. The van der Waals surface area contributed by atoms with Gasteiger partial charge in [0.25, 0.3) is 5.91 Å². The minimum atomic E-state index is -2.66. The number of halogens is 2. The van der Waals surface area contributed by atoms with Crippen LogP contribution >= 0.6 is 0 Å². The fourth-order valence-corrected chi connectivity index (χ4v) is 5.01. The summed E-state index contributed by atoms with van der Waals surface area (Å²) in [7, 11) is 0. The number of nitrogens with one attached hydrogen (secondary N) is 2. The van der Waals surface area contributed by atoms with Gasteiger partial charge < -0.3 is 15.2 Å². The molecule has 2 fully saturated rings. The number of fused-ring (bicyclic) bond motifs is 1. The first-order valence-electron chi connectivity index (χ1n) is 12.2. The first kappa shape index (κ1) is 22.8. The number of anilines is 1. The molecular weight excluding hydrogens is 466 g/mol. The number of alkyl halides is 2. The van der Waals surface area contributed by atoms with E-state index in [0.29, 0.717) is 28.7 Å². The maximum absolute atomic E-state index is 13.2. The van der Waals surface area contributed by atoms with Crippen molar-refractivity contribution in [2.75, 3.05) is 18.4 Å². The molecule has 10 heteroatoms. The second kappa shape index (κ2) is 8.77. The Balaban J connectivity index is 1.21. The van der Waals surface area contributed by atoms with E-state index in [0.717, 1.165) is 37.1 Å². The van der Waals surface area contributed by atoms with E-state index < -0.39 is 11.8 Å². The zero-order valence-corrected chi connectivity index (χ0v) is 19.8. The number of imidazole rings is 1. The van der Waals surface area contributed by atoms with Gasteiger partial charge in [-0.1, -0.05) is 17.3 Å². The number of amides is 1. The normalized spacial score (nSPS) is 18.3. The van der Waals surface area contributed by atoms with Crippen LogP contribution in [0.5, 0.6) is 0 Å². The molecule has 0 spiro atoms. The van der Waals surface area contributed by atoms with Crippen molar-refractivity contribution in [1.82, 2.24) is 24.8 Å². The van der Waals surface area contributed by atoms with Crippen molar-refractivity contribution in [3.63, 3.8) is 0 Å². The van der Waals surface area contributed by atoms with Gasteiger partial charge in [0.15, 0.2) is 0 Å². The molecule has 1 aliphatic carbocycles. The number of aryl methyl sites for hydroxylation is 1. The van der Waals surface area contributed by atoms with E-state index in [-0.39, 0.29) is 24.6 Å². The molecule has 0 bridgehead atoms. The summed E-state index contributed by atoms with van der Waals surface area (Å²) in [6.45, 7) is 3.91. The molecule has 4 heterocycles. The lowest BCUT2D eigenvalue weighted by Crippen LogP contribution is -2.33. The molecule has 2 aliphatic rings. The molecule has 186 valence electrons. The molecule has 3 aromatic heterocycles. The van der Waals surface area contributed by atoms with E-state index in [1.54, 1.807) is 16.7 Å². The lowest BCUT2D eigenvalue weighted by atomic mass is 9.81. The third-order valence-corrected chi connectivity index (χ3v) is 7.21. The van der Waals surface area contributed by atoms with E-state index >= 15 is 0 Å². The molecule has 0 radical (unpaired) electrons. The van der Waals surface area contributed by atoms with Crippen LogP contribution in [-0.4, -0.2) is 44.4 Å². The Labute approximate surface area is 206 Å². The number of hydrogen-bond acceptors (Lipinski definition) is 6. The maximum atomic E-state index is 13.2. The predicted octanol–water partition coefficient (Wildman–Crippen LogP) is 4.92. The van der Waals surface area contributed by atoms with Crippen LogP contribution in [0.15, 0.2) is 47.2 Å². The van der Waals surface area contributed by atoms with E-state index in [1.165, 1.54) is 5.56 Å². The number of hydrogen-bond donors (Lipinski definition) is 2. The van der Waals surface area contributed by atoms with Gasteiger partial charge in [-0.3, -0.25) is 9.20 Å². The molecule has 1 aliphatic heterocycles. The van der Waals surface area contributed by atoms with Gasteiger partial charge in [-0.25, -0.2) is 13.8 Å². The summed E-state index contributed by atoms with van der Waals surface area (Å²) < 4.78 is 33.4. The van der Waals surface area contributed by atoms with Crippen molar-refractivity contribution in [2.45, 2.75) is 50.4 Å². The smallest absolute Gasteiger partial charge is 0.274 e. The van der Waals surface area contributed by atoms with Crippen LogP contribution < -0.4 is 10.6 Å². The summed E-state index contributed by atoms with van der Waals surface area (Å²) in [6, 6.07) is 9.54. The average Bonchev–Trinajstić information content (AvgIpc) is 3.51. The fraction of sp³-hybridized carbons (Fsp3) is 0.385. The topological polar surface area (TPSA) is 97.4 Å². The number of benzene rings is 1. The molecule has 4 aromatic rings. The van der Waals surface area contributed by atoms with Crippen LogP contribution in [0.2, 0.25) is 0 Å². The summed E-state index contributed by atoms with van der Waals surface area (Å²) >= 11 is 0. The highest BCUT2D eigenvalue weighted by molar-refractivity contribution is 6.04. The van der Waals surface area contributed by atoms with Crippen LogP contribution in [0.3, 0.4) is 0 Å². The van der Waals surface area contributed by atoms with Crippen molar-refractivity contribution in [3.8, 4) is 11.4 Å². The Morgan fingerprint density at radius 2 is 1.97 bits per heavy atom. The third kappa shape index (κ3) is 4.26. The lowest BCUT2D eigenvalue weighted by Gasteiger charge is -2.31. The lowest BCUT2D eigenvalue weighted by molar-refractivity contribution is -0.0925. The van der Waals surface area contributed by atoms with Crippen LogP contribution in [0.1, 0.15) is 65.0 Å². The van der Waals surface area contributed by atoms with Gasteiger partial charge in [0.2, 0.25) is 17.6 Å². The standard InChI is InChI=1S/C26H26F2N6O2/c1-15-2-3-18(23-32-25(36-33-23)19-12-26(27,28)13-19)10-20(15)31-24(35)21-14-30-22-11-17(6-9-34(21)22)16-4-7-29-8-5-16/h2-3,6,9-11,14,16,19,29H,4-5,7-8,12-13H2,1H3,(H,31,35). The highest BCUT2D eigenvalue weighted by atomic mass is 19.3. The van der Waals surface area contributed by atoms with E-state index in [4.69, 9.17) is 4.52 Å². The quantitative estimate of drug-likeness (QED) is 0.410. The average molecular weight is 493 g/mol. The molecule has 6 rings (SSSR count). The highest BCUT2D eigenvalue weighted by Gasteiger charge is 2.48. The SMILES string of the molecule is Cc1ccc(-c2noc(C3CC(F)(F)C3)n2)cc1NC(=O)c1cnc2cc(C3CCNCC3)ccn12. The van der Waals surface area contributed by atoms with E-state index in [1.807, 2.05) is 25.3 Å². The monoisotopic (exact) mass is 492 g/mol. The van der Waals surface area contributed by atoms with Crippen molar-refractivity contribution in [3.05, 3.63) is 65.4 Å². The Morgan fingerprint density at radius 3 is 2.75 bits per heavy atom. The minimum Gasteiger partial charge on any atom is -0.339 e. The Kier molecular flexibility index (Phi) is 5.55. The largest absolute Gasteiger partial charge is 0.339 e. The zero-order chi connectivity index (χ0) is 24.9. The van der Waals surface area contributed by atoms with Crippen molar-refractivity contribution in [2.24, 2.45) is 0 Å². The number of pyridine rings is 1. The Morgan fingerprint density at radius 1 is 1.17 bits per heavy atom. The molecule has 1 saturated carbocycles. The van der Waals surface area contributed by atoms with Gasteiger partial charge in [0.05, 0.1) is 6.20 Å². The highest BCUT2D eigenvalue weighted by Crippen LogP contribution is 2.48. The third-order valence-electron chi connectivity index (χ3n) is 7.21. The molecule has 0 atom stereocenters. The summed E-state index contributed by atoms with van der Waals surface area (Å²) in [5.41, 5.74) is 4.50. The summed E-state index contributed by atoms with van der Waals surface area (Å²) in [4.78, 5) is 22.0. The van der Waals surface area contributed by atoms with Gasteiger partial charge in [-0.2, -0.15) is 4.98 Å². The van der Waals surface area contributed by atoms with E-state index in [9.17, 15) is 13.6 Å². The molecule has 8 nitrogen and oxygen atoms in total. The molecule has 0 unspecified atom stereocenters. The number of nitrogens with zero attached hydrogens (tertiary/aromatic N) is 4. The number of carbonyl (C=O) groups excluding carboxylic acids is 1.